The first-order chi connectivity index (χ1) is 12.2. The molecular weight excluding hydrogens is 350 g/mol. The Morgan fingerprint density at radius 3 is 2.42 bits per heavy atom. The van der Waals surface area contributed by atoms with Crippen LogP contribution < -0.4 is 4.72 Å². The van der Waals surface area contributed by atoms with Gasteiger partial charge in [-0.2, -0.15) is 5.26 Å². The van der Waals surface area contributed by atoms with Gasteiger partial charge in [0, 0.05) is 25.2 Å². The van der Waals surface area contributed by atoms with Crippen molar-refractivity contribution in [1.29, 1.82) is 5.26 Å². The molecule has 0 aliphatic heterocycles. The summed E-state index contributed by atoms with van der Waals surface area (Å²) in [6.07, 6.45) is 0. The Bertz CT molecular complexity index is 929. The van der Waals surface area contributed by atoms with Crippen LogP contribution in [-0.2, 0) is 16.6 Å². The number of benzene rings is 2. The van der Waals surface area contributed by atoms with Crippen LogP contribution in [0.2, 0.25) is 0 Å². The maximum Gasteiger partial charge on any atom is 0.253 e. The molecule has 0 spiro atoms. The number of nitrogens with zero attached hydrogens (tertiary/aromatic N) is 2. The number of hydrogen-bond acceptors (Lipinski definition) is 4. The smallest absolute Gasteiger partial charge is 0.253 e. The van der Waals surface area contributed by atoms with Crippen LogP contribution in [0.25, 0.3) is 0 Å². The van der Waals surface area contributed by atoms with E-state index in [1.165, 1.54) is 17.0 Å². The Kier molecular flexibility index (Phi) is 6.14. The maximum atomic E-state index is 12.6. The molecular formula is C19H21N3O3S. The monoisotopic (exact) mass is 371 g/mol. The van der Waals surface area contributed by atoms with Crippen molar-refractivity contribution >= 4 is 15.9 Å². The van der Waals surface area contributed by atoms with Gasteiger partial charge in [-0.25, -0.2) is 13.1 Å². The first kappa shape index (κ1) is 19.6. The van der Waals surface area contributed by atoms with Gasteiger partial charge in [0.1, 0.15) is 0 Å². The summed E-state index contributed by atoms with van der Waals surface area (Å²) in [5.74, 6) is -0.282. The Labute approximate surface area is 154 Å². The highest BCUT2D eigenvalue weighted by Gasteiger charge is 2.19. The van der Waals surface area contributed by atoms with Crippen molar-refractivity contribution < 1.29 is 13.2 Å². The molecule has 0 aliphatic rings. The molecule has 6 nitrogen and oxygen atoms in total. The highest BCUT2D eigenvalue weighted by Crippen LogP contribution is 2.15. The Hall–Kier alpha value is -2.69. The molecule has 0 saturated heterocycles. The number of sulfonamides is 1. The van der Waals surface area contributed by atoms with Crippen LogP contribution in [0.15, 0.2) is 53.4 Å². The number of carbonyl (C=O) groups is 1. The highest BCUT2D eigenvalue weighted by atomic mass is 32.2. The average Bonchev–Trinajstić information content (AvgIpc) is 2.60. The third-order valence-electron chi connectivity index (χ3n) is 3.63. The molecule has 1 amide bonds. The van der Waals surface area contributed by atoms with E-state index in [-0.39, 0.29) is 16.8 Å². The lowest BCUT2D eigenvalue weighted by atomic mass is 10.1. The lowest BCUT2D eigenvalue weighted by Gasteiger charge is -2.18. The van der Waals surface area contributed by atoms with Gasteiger partial charge in [0.15, 0.2) is 0 Å². The summed E-state index contributed by atoms with van der Waals surface area (Å²) < 4.78 is 27.1. The number of amides is 1. The van der Waals surface area contributed by atoms with Gasteiger partial charge in [0.2, 0.25) is 10.0 Å². The summed E-state index contributed by atoms with van der Waals surface area (Å²) in [6, 6.07) is 14.7. The molecule has 0 atom stereocenters. The van der Waals surface area contributed by atoms with Crippen molar-refractivity contribution in [2.75, 3.05) is 7.05 Å². The Morgan fingerprint density at radius 2 is 1.85 bits per heavy atom. The van der Waals surface area contributed by atoms with Crippen LogP contribution in [0.3, 0.4) is 0 Å². The van der Waals surface area contributed by atoms with Gasteiger partial charge >= 0.3 is 0 Å². The minimum absolute atomic E-state index is 0.0591. The molecule has 2 aromatic carbocycles. The molecule has 2 rings (SSSR count). The van der Waals surface area contributed by atoms with E-state index in [4.69, 9.17) is 5.26 Å². The Balaban J connectivity index is 2.18. The second-order valence-corrected chi connectivity index (χ2v) is 7.99. The number of carbonyl (C=O) groups excluding carboxylic acids is 1. The molecule has 0 unspecified atom stereocenters. The zero-order chi connectivity index (χ0) is 19.3. The molecule has 26 heavy (non-hydrogen) atoms. The van der Waals surface area contributed by atoms with Crippen molar-refractivity contribution in [2.45, 2.75) is 31.3 Å². The lowest BCUT2D eigenvalue weighted by molar-refractivity contribution is 0.0785. The van der Waals surface area contributed by atoms with E-state index in [0.29, 0.717) is 17.7 Å². The summed E-state index contributed by atoms with van der Waals surface area (Å²) in [5.41, 5.74) is 1.73. The number of nitrogens with one attached hydrogen (secondary N) is 1. The standard InChI is InChI=1S/C19H21N3O3S/c1-14(2)21-26(24,25)18-6-4-5-17(11-18)19(23)22(3)13-16-9-7-15(12-20)8-10-16/h4-11,14,21H,13H2,1-3H3. The first-order valence-electron chi connectivity index (χ1n) is 8.10. The molecule has 0 aliphatic carbocycles. The van der Waals surface area contributed by atoms with Gasteiger partial charge < -0.3 is 4.90 Å². The summed E-state index contributed by atoms with van der Waals surface area (Å²) in [5, 5.41) is 8.82. The maximum absolute atomic E-state index is 12.6. The average molecular weight is 371 g/mol. The summed E-state index contributed by atoms with van der Waals surface area (Å²) in [7, 11) is -2.01. The second-order valence-electron chi connectivity index (χ2n) is 6.27. The molecule has 1 N–H and O–H groups in total. The molecule has 0 radical (unpaired) electrons. The van der Waals surface area contributed by atoms with E-state index < -0.39 is 10.0 Å². The van der Waals surface area contributed by atoms with Gasteiger partial charge in [-0.05, 0) is 49.7 Å². The van der Waals surface area contributed by atoms with Crippen LogP contribution in [0.5, 0.6) is 0 Å². The second kappa shape index (κ2) is 8.13. The molecule has 136 valence electrons. The van der Waals surface area contributed by atoms with Crippen molar-refractivity contribution in [1.82, 2.24) is 9.62 Å². The predicted octanol–water partition coefficient (Wildman–Crippen LogP) is 2.52. The van der Waals surface area contributed by atoms with E-state index in [1.807, 2.05) is 6.07 Å². The van der Waals surface area contributed by atoms with E-state index >= 15 is 0 Å². The molecule has 0 fully saturated rings. The third-order valence-corrected chi connectivity index (χ3v) is 5.29. The summed E-state index contributed by atoms with van der Waals surface area (Å²) >= 11 is 0. The fourth-order valence-electron chi connectivity index (χ4n) is 2.43. The Morgan fingerprint density at radius 1 is 1.19 bits per heavy atom. The fourth-order valence-corrected chi connectivity index (χ4v) is 3.72. The van der Waals surface area contributed by atoms with Crippen LogP contribution in [-0.4, -0.2) is 32.3 Å². The van der Waals surface area contributed by atoms with Crippen molar-refractivity contribution in [2.24, 2.45) is 0 Å². The summed E-state index contributed by atoms with van der Waals surface area (Å²) in [4.78, 5) is 14.2. The van der Waals surface area contributed by atoms with Gasteiger partial charge in [0.25, 0.3) is 5.91 Å². The number of rotatable bonds is 6. The van der Waals surface area contributed by atoms with E-state index in [9.17, 15) is 13.2 Å². The molecule has 0 bridgehead atoms. The molecule has 0 heterocycles. The fraction of sp³-hybridized carbons (Fsp3) is 0.263. The van der Waals surface area contributed by atoms with Crippen molar-refractivity contribution in [3.8, 4) is 6.07 Å². The van der Waals surface area contributed by atoms with Gasteiger partial charge in [0.05, 0.1) is 16.5 Å². The molecule has 0 aromatic heterocycles. The normalized spacial score (nSPS) is 11.2. The number of hydrogen-bond donors (Lipinski definition) is 1. The summed E-state index contributed by atoms with van der Waals surface area (Å²) in [6.45, 7) is 3.82. The zero-order valence-electron chi connectivity index (χ0n) is 14.9. The van der Waals surface area contributed by atoms with Gasteiger partial charge in [-0.3, -0.25) is 4.79 Å². The van der Waals surface area contributed by atoms with Gasteiger partial charge in [-0.1, -0.05) is 18.2 Å². The minimum Gasteiger partial charge on any atom is -0.337 e. The molecule has 2 aromatic rings. The van der Waals surface area contributed by atoms with E-state index in [0.717, 1.165) is 5.56 Å². The van der Waals surface area contributed by atoms with E-state index in [2.05, 4.69) is 4.72 Å². The minimum atomic E-state index is -3.66. The molecule has 7 heteroatoms. The zero-order valence-corrected chi connectivity index (χ0v) is 15.7. The van der Waals surface area contributed by atoms with Crippen LogP contribution in [0.4, 0.5) is 0 Å². The van der Waals surface area contributed by atoms with Crippen molar-refractivity contribution in [3.05, 3.63) is 65.2 Å². The number of nitriles is 1. The van der Waals surface area contributed by atoms with Crippen LogP contribution in [0, 0.1) is 11.3 Å². The predicted molar refractivity (Wildman–Crippen MR) is 98.9 cm³/mol. The first-order valence-corrected chi connectivity index (χ1v) is 9.58. The largest absolute Gasteiger partial charge is 0.337 e. The van der Waals surface area contributed by atoms with Crippen LogP contribution >= 0.6 is 0 Å². The molecule has 0 saturated carbocycles. The quantitative estimate of drug-likeness (QED) is 0.845. The highest BCUT2D eigenvalue weighted by molar-refractivity contribution is 7.89. The van der Waals surface area contributed by atoms with Crippen LogP contribution in [0.1, 0.15) is 35.3 Å². The topological polar surface area (TPSA) is 90.3 Å². The SMILES string of the molecule is CC(C)NS(=O)(=O)c1cccc(C(=O)N(C)Cc2ccc(C#N)cc2)c1. The third kappa shape index (κ3) is 4.91. The van der Waals surface area contributed by atoms with Crippen molar-refractivity contribution in [3.63, 3.8) is 0 Å². The van der Waals surface area contributed by atoms with E-state index in [1.54, 1.807) is 57.3 Å². The lowest BCUT2D eigenvalue weighted by Crippen LogP contribution is -2.31. The van der Waals surface area contributed by atoms with Gasteiger partial charge in [-0.15, -0.1) is 0 Å².